The summed E-state index contributed by atoms with van der Waals surface area (Å²) in [6.45, 7) is 4.00. The zero-order valence-corrected chi connectivity index (χ0v) is 13.7. The van der Waals surface area contributed by atoms with Gasteiger partial charge in [-0.15, -0.1) is 0 Å². The van der Waals surface area contributed by atoms with E-state index in [1.54, 1.807) is 12.1 Å². The van der Waals surface area contributed by atoms with E-state index in [-0.39, 0.29) is 16.6 Å². The summed E-state index contributed by atoms with van der Waals surface area (Å²) in [6.07, 6.45) is 4.10. The van der Waals surface area contributed by atoms with Gasteiger partial charge in [-0.05, 0) is 31.5 Å². The highest BCUT2D eigenvalue weighted by Gasteiger charge is 2.19. The van der Waals surface area contributed by atoms with Gasteiger partial charge in [0.05, 0.1) is 5.69 Å². The second-order valence-electron chi connectivity index (χ2n) is 4.70. The van der Waals surface area contributed by atoms with Gasteiger partial charge in [0.25, 0.3) is 0 Å². The molecule has 0 bridgehead atoms. The average molecular weight is 349 g/mol. The predicted octanol–water partition coefficient (Wildman–Crippen LogP) is 3.28. The molecule has 1 aromatic carbocycles. The minimum absolute atomic E-state index is 0.0837. The Morgan fingerprint density at radius 1 is 1.37 bits per heavy atom. The summed E-state index contributed by atoms with van der Waals surface area (Å²) in [4.78, 5) is 0.137. The molecule has 0 saturated heterocycles. The smallest absolute Gasteiger partial charge is 0.242 e. The summed E-state index contributed by atoms with van der Waals surface area (Å²) in [6, 6.07) is 4.70. The number of hydrogen-bond acceptors (Lipinski definition) is 3. The van der Waals surface area contributed by atoms with E-state index in [4.69, 9.17) is 5.73 Å². The van der Waals surface area contributed by atoms with Crippen LogP contribution in [0.4, 0.5) is 5.69 Å². The van der Waals surface area contributed by atoms with Crippen LogP contribution in [0.15, 0.2) is 27.6 Å². The second kappa shape index (κ2) is 7.26. The zero-order chi connectivity index (χ0) is 14.5. The van der Waals surface area contributed by atoms with E-state index in [9.17, 15) is 8.42 Å². The molecule has 0 aromatic heterocycles. The molecule has 0 aliphatic rings. The molecule has 1 atom stereocenters. The maximum absolute atomic E-state index is 12.2. The molecule has 0 aliphatic carbocycles. The fourth-order valence-electron chi connectivity index (χ4n) is 1.85. The average Bonchev–Trinajstić information content (AvgIpc) is 2.27. The van der Waals surface area contributed by atoms with Crippen LogP contribution in [0.25, 0.3) is 0 Å². The van der Waals surface area contributed by atoms with Gasteiger partial charge >= 0.3 is 0 Å². The first-order valence-corrected chi connectivity index (χ1v) is 8.71. The van der Waals surface area contributed by atoms with Crippen molar-refractivity contribution in [1.29, 1.82) is 0 Å². The first-order valence-electron chi connectivity index (χ1n) is 6.44. The maximum atomic E-state index is 12.2. The molecule has 0 amide bonds. The second-order valence-corrected chi connectivity index (χ2v) is 7.30. The predicted molar refractivity (Wildman–Crippen MR) is 82.5 cm³/mol. The van der Waals surface area contributed by atoms with E-state index in [1.807, 2.05) is 6.92 Å². The van der Waals surface area contributed by atoms with Crippen LogP contribution < -0.4 is 10.5 Å². The zero-order valence-electron chi connectivity index (χ0n) is 11.3. The summed E-state index contributed by atoms with van der Waals surface area (Å²) in [5.74, 6) is 0. The van der Waals surface area contributed by atoms with Crippen LogP contribution in [0.1, 0.15) is 39.5 Å². The SMILES string of the molecule is CCCCCC(C)NS(=O)(=O)c1ccc(Br)cc1N. The van der Waals surface area contributed by atoms with Gasteiger partial charge in [0.15, 0.2) is 0 Å². The third-order valence-corrected chi connectivity index (χ3v) is 5.02. The van der Waals surface area contributed by atoms with Crippen LogP contribution in [-0.4, -0.2) is 14.5 Å². The number of anilines is 1. The lowest BCUT2D eigenvalue weighted by Gasteiger charge is -2.15. The number of unbranched alkanes of at least 4 members (excludes halogenated alkanes) is 2. The van der Waals surface area contributed by atoms with Crippen LogP contribution in [0, 0.1) is 0 Å². The molecule has 1 aromatic rings. The Hall–Kier alpha value is -0.590. The van der Waals surface area contributed by atoms with Gasteiger partial charge in [-0.25, -0.2) is 13.1 Å². The Bertz CT molecular complexity index is 517. The number of halogens is 1. The Morgan fingerprint density at radius 2 is 2.05 bits per heavy atom. The van der Waals surface area contributed by atoms with Gasteiger partial charge in [-0.3, -0.25) is 0 Å². The molecule has 19 heavy (non-hydrogen) atoms. The van der Waals surface area contributed by atoms with E-state index in [2.05, 4.69) is 27.6 Å². The minimum atomic E-state index is -3.54. The number of hydrogen-bond donors (Lipinski definition) is 2. The van der Waals surface area contributed by atoms with E-state index in [0.717, 1.165) is 30.2 Å². The van der Waals surface area contributed by atoms with Crippen molar-refractivity contribution in [3.8, 4) is 0 Å². The van der Waals surface area contributed by atoms with Crippen LogP contribution in [0.2, 0.25) is 0 Å². The van der Waals surface area contributed by atoms with Gasteiger partial charge in [0.1, 0.15) is 4.90 Å². The van der Waals surface area contributed by atoms with Crippen molar-refractivity contribution in [3.63, 3.8) is 0 Å². The molecule has 3 N–H and O–H groups in total. The highest BCUT2D eigenvalue weighted by atomic mass is 79.9. The molecule has 6 heteroatoms. The lowest BCUT2D eigenvalue weighted by Crippen LogP contribution is -2.33. The maximum Gasteiger partial charge on any atom is 0.242 e. The molecule has 4 nitrogen and oxygen atoms in total. The molecule has 0 saturated carbocycles. The Balaban J connectivity index is 2.75. The minimum Gasteiger partial charge on any atom is -0.398 e. The molecule has 0 aliphatic heterocycles. The van der Waals surface area contributed by atoms with Gasteiger partial charge in [-0.1, -0.05) is 42.1 Å². The molecule has 0 spiro atoms. The number of nitrogens with two attached hydrogens (primary N) is 1. The van der Waals surface area contributed by atoms with Crippen molar-refractivity contribution in [1.82, 2.24) is 4.72 Å². The van der Waals surface area contributed by atoms with E-state index in [0.29, 0.717) is 0 Å². The lowest BCUT2D eigenvalue weighted by atomic mass is 10.1. The van der Waals surface area contributed by atoms with Crippen molar-refractivity contribution in [2.45, 2.75) is 50.5 Å². The fourth-order valence-corrected chi connectivity index (χ4v) is 3.62. The van der Waals surface area contributed by atoms with Crippen LogP contribution in [0.5, 0.6) is 0 Å². The Labute approximate surface area is 124 Å². The van der Waals surface area contributed by atoms with E-state index >= 15 is 0 Å². The Morgan fingerprint density at radius 3 is 2.63 bits per heavy atom. The summed E-state index contributed by atoms with van der Waals surface area (Å²) in [5, 5.41) is 0. The molecule has 0 heterocycles. The summed E-state index contributed by atoms with van der Waals surface area (Å²) >= 11 is 3.26. The number of rotatable bonds is 7. The van der Waals surface area contributed by atoms with Crippen LogP contribution in [-0.2, 0) is 10.0 Å². The topological polar surface area (TPSA) is 72.2 Å². The first kappa shape index (κ1) is 16.5. The summed E-state index contributed by atoms with van der Waals surface area (Å²) in [7, 11) is -3.54. The van der Waals surface area contributed by atoms with E-state index in [1.165, 1.54) is 6.07 Å². The van der Waals surface area contributed by atoms with Gasteiger partial charge in [-0.2, -0.15) is 0 Å². The Kier molecular flexibility index (Phi) is 6.29. The third kappa shape index (κ3) is 5.12. The monoisotopic (exact) mass is 348 g/mol. The van der Waals surface area contributed by atoms with Gasteiger partial charge in [0, 0.05) is 10.5 Å². The third-order valence-electron chi connectivity index (χ3n) is 2.86. The highest BCUT2D eigenvalue weighted by molar-refractivity contribution is 9.10. The van der Waals surface area contributed by atoms with Crippen molar-refractivity contribution < 1.29 is 8.42 Å². The van der Waals surface area contributed by atoms with Crippen molar-refractivity contribution in [2.24, 2.45) is 0 Å². The molecule has 0 radical (unpaired) electrons. The number of benzene rings is 1. The number of nitrogen functional groups attached to an aromatic ring is 1. The van der Waals surface area contributed by atoms with Gasteiger partial charge in [0.2, 0.25) is 10.0 Å². The first-order chi connectivity index (χ1) is 8.86. The lowest BCUT2D eigenvalue weighted by molar-refractivity contribution is 0.527. The normalized spacial score (nSPS) is 13.4. The van der Waals surface area contributed by atoms with Crippen LogP contribution >= 0.6 is 15.9 Å². The van der Waals surface area contributed by atoms with Crippen molar-refractivity contribution >= 4 is 31.6 Å². The molecular weight excluding hydrogens is 328 g/mol. The molecule has 1 unspecified atom stereocenters. The number of nitrogens with one attached hydrogen (secondary N) is 1. The van der Waals surface area contributed by atoms with Gasteiger partial charge < -0.3 is 5.73 Å². The van der Waals surface area contributed by atoms with Crippen molar-refractivity contribution in [2.75, 3.05) is 5.73 Å². The standard InChI is InChI=1S/C13H21BrN2O2S/c1-3-4-5-6-10(2)16-19(17,18)13-8-7-11(14)9-12(13)15/h7-10,16H,3-6,15H2,1-2H3. The highest BCUT2D eigenvalue weighted by Crippen LogP contribution is 2.23. The molecule has 108 valence electrons. The quantitative estimate of drug-likeness (QED) is 0.586. The summed E-state index contributed by atoms with van der Waals surface area (Å²) < 4.78 is 27.8. The molecule has 0 fully saturated rings. The molecule has 1 rings (SSSR count). The van der Waals surface area contributed by atoms with E-state index < -0.39 is 10.0 Å². The fraction of sp³-hybridized carbons (Fsp3) is 0.538. The summed E-state index contributed by atoms with van der Waals surface area (Å²) in [5.41, 5.74) is 6.01. The largest absolute Gasteiger partial charge is 0.398 e. The van der Waals surface area contributed by atoms with Crippen molar-refractivity contribution in [3.05, 3.63) is 22.7 Å². The van der Waals surface area contributed by atoms with Crippen LogP contribution in [0.3, 0.4) is 0 Å². The molecular formula is C13H21BrN2O2S. The number of sulfonamides is 1.